The molecule has 218 valence electrons. The van der Waals surface area contributed by atoms with Gasteiger partial charge in [-0.2, -0.15) is 8.42 Å². The summed E-state index contributed by atoms with van der Waals surface area (Å²) < 4.78 is 42.2. The third kappa shape index (κ3) is 6.74. The molecule has 0 aliphatic carbocycles. The Morgan fingerprint density at radius 1 is 0.791 bits per heavy atom. The number of nitrogens with one attached hydrogen (secondary N) is 1. The lowest BCUT2D eigenvalue weighted by atomic mass is 10.1. The second kappa shape index (κ2) is 12.6. The maximum absolute atomic E-state index is 13.4. The van der Waals surface area contributed by atoms with Gasteiger partial charge in [0.25, 0.3) is 11.8 Å². The largest absolute Gasteiger partial charge is 0.490 e. The highest BCUT2D eigenvalue weighted by Gasteiger charge is 2.37. The highest BCUT2D eigenvalue weighted by Crippen LogP contribution is 2.32. The summed E-state index contributed by atoms with van der Waals surface area (Å²) in [5, 5.41) is 2.18. The number of hydrogen-bond acceptors (Lipinski definition) is 8. The van der Waals surface area contributed by atoms with Crippen molar-refractivity contribution in [3.8, 4) is 17.2 Å². The van der Waals surface area contributed by atoms with Crippen molar-refractivity contribution in [3.05, 3.63) is 120 Å². The predicted octanol–water partition coefficient (Wildman–Crippen LogP) is 5.10. The van der Waals surface area contributed by atoms with Gasteiger partial charge in [0.15, 0.2) is 11.5 Å². The van der Waals surface area contributed by atoms with Crippen LogP contribution in [0.25, 0.3) is 6.08 Å². The van der Waals surface area contributed by atoms with Crippen molar-refractivity contribution in [3.63, 3.8) is 0 Å². The number of anilines is 1. The molecule has 5 rings (SSSR count). The molecule has 11 heteroatoms. The zero-order chi connectivity index (χ0) is 30.4. The van der Waals surface area contributed by atoms with E-state index < -0.39 is 28.0 Å². The maximum atomic E-state index is 13.4. The zero-order valence-corrected chi connectivity index (χ0v) is 23.7. The summed E-state index contributed by atoms with van der Waals surface area (Å²) in [5.74, 6) is -1.17. The number of barbiturate groups is 1. The van der Waals surface area contributed by atoms with Crippen LogP contribution in [0.3, 0.4) is 0 Å². The van der Waals surface area contributed by atoms with Crippen LogP contribution in [-0.2, 0) is 26.3 Å². The molecule has 43 heavy (non-hydrogen) atoms. The fourth-order valence-electron chi connectivity index (χ4n) is 4.20. The number of carbonyl (C=O) groups excluding carboxylic acids is 3. The van der Waals surface area contributed by atoms with E-state index in [1.165, 1.54) is 48.5 Å². The molecule has 0 spiro atoms. The van der Waals surface area contributed by atoms with Gasteiger partial charge in [0.2, 0.25) is 0 Å². The van der Waals surface area contributed by atoms with E-state index in [2.05, 4.69) is 5.32 Å². The number of urea groups is 1. The topological polar surface area (TPSA) is 128 Å². The lowest BCUT2D eigenvalue weighted by Crippen LogP contribution is -2.54. The smallest absolute Gasteiger partial charge is 0.339 e. The Hall–Kier alpha value is -5.42. The predicted molar refractivity (Wildman–Crippen MR) is 158 cm³/mol. The molecule has 4 aromatic rings. The van der Waals surface area contributed by atoms with Gasteiger partial charge >= 0.3 is 16.1 Å². The number of rotatable bonds is 10. The summed E-state index contributed by atoms with van der Waals surface area (Å²) in [7, 11) is -4.14. The molecule has 1 heterocycles. The van der Waals surface area contributed by atoms with E-state index in [9.17, 15) is 22.8 Å². The van der Waals surface area contributed by atoms with Crippen LogP contribution >= 0.6 is 0 Å². The lowest BCUT2D eigenvalue weighted by molar-refractivity contribution is -0.122. The minimum atomic E-state index is -4.14. The van der Waals surface area contributed by atoms with Crippen molar-refractivity contribution in [2.24, 2.45) is 0 Å². The highest BCUT2D eigenvalue weighted by molar-refractivity contribution is 7.87. The van der Waals surface area contributed by atoms with Crippen molar-refractivity contribution in [2.75, 3.05) is 11.5 Å². The molecule has 1 aliphatic heterocycles. The summed E-state index contributed by atoms with van der Waals surface area (Å²) in [6, 6.07) is 26.9. The van der Waals surface area contributed by atoms with Crippen molar-refractivity contribution in [1.29, 1.82) is 0 Å². The van der Waals surface area contributed by atoms with E-state index in [1.807, 2.05) is 30.3 Å². The Morgan fingerprint density at radius 2 is 1.47 bits per heavy atom. The summed E-state index contributed by atoms with van der Waals surface area (Å²) in [4.78, 5) is 39.5. The number of hydrogen-bond donors (Lipinski definition) is 1. The Labute approximate surface area is 248 Å². The molecule has 1 N–H and O–H groups in total. The molecule has 0 unspecified atom stereocenters. The van der Waals surface area contributed by atoms with E-state index in [-0.39, 0.29) is 34.3 Å². The van der Waals surface area contributed by atoms with Gasteiger partial charge in [0.1, 0.15) is 22.8 Å². The van der Waals surface area contributed by atoms with Crippen LogP contribution in [0.15, 0.2) is 114 Å². The van der Waals surface area contributed by atoms with Gasteiger partial charge in [-0.25, -0.2) is 9.69 Å². The fourth-order valence-corrected chi connectivity index (χ4v) is 5.16. The average Bonchev–Trinajstić information content (AvgIpc) is 3.01. The number of amides is 4. The molecule has 0 bridgehead atoms. The standard InChI is InChI=1S/C32H26N2O8S/c1-2-40-29-20-23(13-18-28(29)42-43(38,39)26-11-7-4-8-12-26)19-27-30(35)33-32(37)34(31(27)36)24-14-16-25(17-15-24)41-21-22-9-5-3-6-10-22/h3-20H,2,21H2,1H3,(H,33,35,37)/b27-19+. The van der Waals surface area contributed by atoms with Gasteiger partial charge in [0, 0.05) is 0 Å². The first-order chi connectivity index (χ1) is 20.7. The zero-order valence-electron chi connectivity index (χ0n) is 22.9. The number of carbonyl (C=O) groups is 3. The highest BCUT2D eigenvalue weighted by atomic mass is 32.2. The van der Waals surface area contributed by atoms with E-state index in [0.29, 0.717) is 17.9 Å². The number of nitrogens with zero attached hydrogens (tertiary/aromatic N) is 1. The first-order valence-corrected chi connectivity index (χ1v) is 14.6. The molecule has 1 fully saturated rings. The van der Waals surface area contributed by atoms with Gasteiger partial charge in [0.05, 0.1) is 12.3 Å². The summed E-state index contributed by atoms with van der Waals surface area (Å²) in [5.41, 5.74) is 1.25. The van der Waals surface area contributed by atoms with Gasteiger partial charge in [-0.05, 0) is 72.7 Å². The molecule has 4 amide bonds. The van der Waals surface area contributed by atoms with Crippen molar-refractivity contribution in [2.45, 2.75) is 18.4 Å². The van der Waals surface area contributed by atoms with E-state index in [0.717, 1.165) is 10.5 Å². The monoisotopic (exact) mass is 598 g/mol. The summed E-state index contributed by atoms with van der Waals surface area (Å²) in [6.07, 6.45) is 1.28. The van der Waals surface area contributed by atoms with Gasteiger partial charge < -0.3 is 13.7 Å². The van der Waals surface area contributed by atoms with Gasteiger partial charge in [-0.3, -0.25) is 14.9 Å². The summed E-state index contributed by atoms with van der Waals surface area (Å²) >= 11 is 0. The molecular weight excluding hydrogens is 572 g/mol. The van der Waals surface area contributed by atoms with E-state index in [1.54, 1.807) is 37.3 Å². The molecule has 0 aromatic heterocycles. The minimum absolute atomic E-state index is 0.0336. The summed E-state index contributed by atoms with van der Waals surface area (Å²) in [6.45, 7) is 2.24. The van der Waals surface area contributed by atoms with Crippen molar-refractivity contribution >= 4 is 39.7 Å². The number of ether oxygens (including phenoxy) is 2. The molecule has 1 saturated heterocycles. The molecule has 4 aromatic carbocycles. The third-order valence-electron chi connectivity index (χ3n) is 6.25. The van der Waals surface area contributed by atoms with Gasteiger partial charge in [-0.1, -0.05) is 54.6 Å². The van der Waals surface area contributed by atoms with E-state index >= 15 is 0 Å². The first kappa shape index (κ1) is 29.1. The maximum Gasteiger partial charge on any atom is 0.339 e. The average molecular weight is 599 g/mol. The molecule has 10 nitrogen and oxygen atoms in total. The molecule has 0 saturated carbocycles. The fraction of sp³-hybridized carbons (Fsp3) is 0.0938. The Balaban J connectivity index is 1.37. The second-order valence-electron chi connectivity index (χ2n) is 9.22. The quantitative estimate of drug-likeness (QED) is 0.152. The van der Waals surface area contributed by atoms with Crippen LogP contribution in [-0.4, -0.2) is 32.9 Å². The Morgan fingerprint density at radius 3 is 2.14 bits per heavy atom. The minimum Gasteiger partial charge on any atom is -0.490 e. The van der Waals surface area contributed by atoms with Crippen LogP contribution in [0.5, 0.6) is 17.2 Å². The van der Waals surface area contributed by atoms with Crippen molar-refractivity contribution < 1.29 is 36.5 Å². The Bertz CT molecular complexity index is 1790. The first-order valence-electron chi connectivity index (χ1n) is 13.2. The van der Waals surface area contributed by atoms with Crippen LogP contribution < -0.4 is 23.9 Å². The van der Waals surface area contributed by atoms with Crippen molar-refractivity contribution in [1.82, 2.24) is 5.32 Å². The van der Waals surface area contributed by atoms with Crippen LogP contribution in [0.4, 0.5) is 10.5 Å². The lowest BCUT2D eigenvalue weighted by Gasteiger charge is -2.26. The number of benzene rings is 4. The third-order valence-corrected chi connectivity index (χ3v) is 7.50. The normalized spacial score (nSPS) is 14.4. The molecular formula is C32H26N2O8S. The van der Waals surface area contributed by atoms with E-state index in [4.69, 9.17) is 13.7 Å². The molecule has 0 atom stereocenters. The van der Waals surface area contributed by atoms with Crippen LogP contribution in [0.2, 0.25) is 0 Å². The molecule has 0 radical (unpaired) electrons. The van der Waals surface area contributed by atoms with Crippen LogP contribution in [0, 0.1) is 0 Å². The van der Waals surface area contributed by atoms with Gasteiger partial charge in [-0.15, -0.1) is 0 Å². The molecule has 1 aliphatic rings. The SMILES string of the molecule is CCOc1cc(/C=C2\C(=O)NC(=O)N(c3ccc(OCc4ccccc4)cc3)C2=O)ccc1OS(=O)(=O)c1ccccc1. The van der Waals surface area contributed by atoms with Crippen LogP contribution in [0.1, 0.15) is 18.1 Å². The Kier molecular flexibility index (Phi) is 8.54. The second-order valence-corrected chi connectivity index (χ2v) is 10.8. The number of imide groups is 2.